The fourth-order valence-electron chi connectivity index (χ4n) is 2.04. The van der Waals surface area contributed by atoms with Gasteiger partial charge in [0.2, 0.25) is 6.10 Å². The highest BCUT2D eigenvalue weighted by Crippen LogP contribution is 2.10. The summed E-state index contributed by atoms with van der Waals surface area (Å²) in [6.45, 7) is 5.69. The highest BCUT2D eigenvalue weighted by atomic mass is 16.6. The summed E-state index contributed by atoms with van der Waals surface area (Å²) >= 11 is 0. The van der Waals surface area contributed by atoms with Gasteiger partial charge in [-0.1, -0.05) is 30.3 Å². The van der Waals surface area contributed by atoms with E-state index in [0.29, 0.717) is 0 Å². The number of aliphatic carboxylic acids is 1. The van der Waals surface area contributed by atoms with Crippen LogP contribution in [0.15, 0.2) is 30.3 Å². The third kappa shape index (κ3) is 8.44. The fraction of sp³-hybridized carbons (Fsp3) is 0.526. The van der Waals surface area contributed by atoms with Crippen molar-refractivity contribution in [1.29, 1.82) is 0 Å². The van der Waals surface area contributed by atoms with Crippen LogP contribution in [0.5, 0.6) is 0 Å². The van der Waals surface area contributed by atoms with Crippen LogP contribution in [0, 0.1) is 0 Å². The first-order chi connectivity index (χ1) is 12.5. The van der Waals surface area contributed by atoms with Crippen molar-refractivity contribution >= 4 is 18.2 Å². The van der Waals surface area contributed by atoms with Crippen LogP contribution in [-0.2, 0) is 20.7 Å². The number of benzene rings is 1. The molecule has 0 radical (unpaired) electrons. The van der Waals surface area contributed by atoms with Crippen LogP contribution >= 0.6 is 0 Å². The number of carboxylic acid groups (broad SMARTS) is 1. The molecule has 1 aromatic rings. The number of carboxylic acids is 1. The van der Waals surface area contributed by atoms with Crippen molar-refractivity contribution in [3.05, 3.63) is 35.9 Å². The Labute approximate surface area is 159 Å². The summed E-state index contributed by atoms with van der Waals surface area (Å²) in [5.41, 5.74) is 0.146. The van der Waals surface area contributed by atoms with Gasteiger partial charge in [0.15, 0.2) is 0 Å². The van der Waals surface area contributed by atoms with Crippen molar-refractivity contribution in [2.24, 2.45) is 0 Å². The molecule has 0 saturated heterocycles. The first-order valence-electron chi connectivity index (χ1n) is 8.62. The average molecular weight is 380 g/mol. The Morgan fingerprint density at radius 3 is 2.00 bits per heavy atom. The fourth-order valence-corrected chi connectivity index (χ4v) is 2.04. The highest BCUT2D eigenvalue weighted by molar-refractivity contribution is 5.77. The smallest absolute Gasteiger partial charge is 0.410 e. The van der Waals surface area contributed by atoms with Crippen molar-refractivity contribution < 1.29 is 29.0 Å². The minimum absolute atomic E-state index is 0.0769. The van der Waals surface area contributed by atoms with E-state index in [1.54, 1.807) is 52.1 Å². The molecule has 150 valence electrons. The van der Waals surface area contributed by atoms with Gasteiger partial charge in [0.05, 0.1) is 0 Å². The third-order valence-corrected chi connectivity index (χ3v) is 3.57. The maximum atomic E-state index is 12.2. The summed E-state index contributed by atoms with van der Waals surface area (Å²) in [5, 5.41) is 9.30. The maximum absolute atomic E-state index is 12.2. The van der Waals surface area contributed by atoms with E-state index in [1.807, 2.05) is 6.07 Å². The SMILES string of the molecule is CN(CCN(C)C(=O)OC(C)(C)C)C(=O)OC(Cc1ccccc1)C(=O)O. The maximum Gasteiger partial charge on any atom is 0.410 e. The molecule has 0 aliphatic carbocycles. The second-order valence-corrected chi connectivity index (χ2v) is 7.22. The molecule has 1 unspecified atom stereocenters. The van der Waals surface area contributed by atoms with Crippen LogP contribution in [-0.4, -0.2) is 72.0 Å². The van der Waals surface area contributed by atoms with E-state index in [-0.39, 0.29) is 19.5 Å². The predicted octanol–water partition coefficient (Wildman–Crippen LogP) is 2.62. The van der Waals surface area contributed by atoms with Crippen molar-refractivity contribution in [2.75, 3.05) is 27.2 Å². The van der Waals surface area contributed by atoms with Crippen LogP contribution in [0.1, 0.15) is 26.3 Å². The molecule has 0 fully saturated rings. The molecule has 1 N–H and O–H groups in total. The number of ether oxygens (including phenoxy) is 2. The number of hydrogen-bond acceptors (Lipinski definition) is 5. The molecule has 0 bridgehead atoms. The third-order valence-electron chi connectivity index (χ3n) is 3.57. The Bertz CT molecular complexity index is 641. The number of rotatable bonds is 7. The zero-order valence-electron chi connectivity index (χ0n) is 16.5. The van der Waals surface area contributed by atoms with Crippen LogP contribution in [0.2, 0.25) is 0 Å². The number of amides is 2. The molecule has 8 nitrogen and oxygen atoms in total. The summed E-state index contributed by atoms with van der Waals surface area (Å²) in [7, 11) is 3.04. The van der Waals surface area contributed by atoms with Gasteiger partial charge in [0.1, 0.15) is 5.60 Å². The first-order valence-corrected chi connectivity index (χ1v) is 8.62. The second kappa shape index (κ2) is 9.80. The topological polar surface area (TPSA) is 96.4 Å². The van der Waals surface area contributed by atoms with E-state index in [0.717, 1.165) is 5.56 Å². The number of carbonyl (C=O) groups excluding carboxylic acids is 2. The molecule has 1 atom stereocenters. The number of hydrogen-bond donors (Lipinski definition) is 1. The lowest BCUT2D eigenvalue weighted by Crippen LogP contribution is -2.41. The van der Waals surface area contributed by atoms with Crippen LogP contribution in [0.3, 0.4) is 0 Å². The van der Waals surface area contributed by atoms with Gasteiger partial charge in [-0.2, -0.15) is 0 Å². The Morgan fingerprint density at radius 1 is 1.00 bits per heavy atom. The highest BCUT2D eigenvalue weighted by Gasteiger charge is 2.25. The molecule has 0 heterocycles. The zero-order chi connectivity index (χ0) is 20.6. The molecule has 0 spiro atoms. The lowest BCUT2D eigenvalue weighted by atomic mass is 10.1. The average Bonchev–Trinajstić information content (AvgIpc) is 2.57. The molecule has 0 aliphatic rings. The monoisotopic (exact) mass is 380 g/mol. The van der Waals surface area contributed by atoms with E-state index in [4.69, 9.17) is 9.47 Å². The summed E-state index contributed by atoms with van der Waals surface area (Å²) in [5.74, 6) is -1.22. The second-order valence-electron chi connectivity index (χ2n) is 7.22. The predicted molar refractivity (Wildman–Crippen MR) is 99.5 cm³/mol. The van der Waals surface area contributed by atoms with Crippen molar-refractivity contribution in [3.8, 4) is 0 Å². The summed E-state index contributed by atoms with van der Waals surface area (Å²) in [6.07, 6.45) is -2.48. The van der Waals surface area contributed by atoms with Gasteiger partial charge in [0, 0.05) is 33.6 Å². The molecule has 0 saturated carbocycles. The van der Waals surface area contributed by atoms with Gasteiger partial charge in [0.25, 0.3) is 0 Å². The largest absolute Gasteiger partial charge is 0.478 e. The minimum atomic E-state index is -1.29. The van der Waals surface area contributed by atoms with Crippen molar-refractivity contribution in [1.82, 2.24) is 9.80 Å². The molecule has 1 rings (SSSR count). The molecular formula is C19H28N2O6. The van der Waals surface area contributed by atoms with Crippen LogP contribution in [0.25, 0.3) is 0 Å². The molecule has 1 aromatic carbocycles. The van der Waals surface area contributed by atoms with Crippen LogP contribution in [0.4, 0.5) is 9.59 Å². The Kier molecular flexibility index (Phi) is 8.08. The van der Waals surface area contributed by atoms with Gasteiger partial charge >= 0.3 is 18.2 Å². The lowest BCUT2D eigenvalue weighted by molar-refractivity contribution is -0.147. The first kappa shape index (κ1) is 22.3. The van der Waals surface area contributed by atoms with E-state index in [9.17, 15) is 19.5 Å². The Morgan fingerprint density at radius 2 is 1.52 bits per heavy atom. The summed E-state index contributed by atoms with van der Waals surface area (Å²) in [6, 6.07) is 8.93. The van der Waals surface area contributed by atoms with Crippen molar-refractivity contribution in [2.45, 2.75) is 38.9 Å². The van der Waals surface area contributed by atoms with Gasteiger partial charge in [-0.3, -0.25) is 0 Å². The molecular weight excluding hydrogens is 352 g/mol. The standard InChI is InChI=1S/C19H28N2O6/c1-19(2,3)27-18(25)21(5)12-11-20(4)17(24)26-15(16(22)23)13-14-9-7-6-8-10-14/h6-10,15H,11-13H2,1-5H3,(H,22,23). The van der Waals surface area contributed by atoms with Gasteiger partial charge in [-0.25, -0.2) is 14.4 Å². The van der Waals surface area contributed by atoms with E-state index < -0.39 is 29.9 Å². The van der Waals surface area contributed by atoms with E-state index in [1.165, 1.54) is 16.8 Å². The minimum Gasteiger partial charge on any atom is -0.478 e. The quantitative estimate of drug-likeness (QED) is 0.781. The summed E-state index contributed by atoms with van der Waals surface area (Å²) in [4.78, 5) is 38.0. The molecule has 0 aromatic heterocycles. The normalized spacial score (nSPS) is 12.0. The van der Waals surface area contributed by atoms with E-state index >= 15 is 0 Å². The lowest BCUT2D eigenvalue weighted by Gasteiger charge is -2.26. The zero-order valence-corrected chi connectivity index (χ0v) is 16.5. The summed E-state index contributed by atoms with van der Waals surface area (Å²) < 4.78 is 10.3. The van der Waals surface area contributed by atoms with Crippen molar-refractivity contribution in [3.63, 3.8) is 0 Å². The van der Waals surface area contributed by atoms with E-state index in [2.05, 4.69) is 0 Å². The Hall–Kier alpha value is -2.77. The van der Waals surface area contributed by atoms with Crippen LogP contribution < -0.4 is 0 Å². The van der Waals surface area contributed by atoms with Gasteiger partial charge in [-0.05, 0) is 26.3 Å². The van der Waals surface area contributed by atoms with Gasteiger partial charge in [-0.15, -0.1) is 0 Å². The number of nitrogens with zero attached hydrogens (tertiary/aromatic N) is 2. The Balaban J connectivity index is 2.54. The number of carbonyl (C=O) groups is 3. The molecule has 27 heavy (non-hydrogen) atoms. The molecule has 0 aliphatic heterocycles. The molecule has 2 amide bonds. The van der Waals surface area contributed by atoms with Gasteiger partial charge < -0.3 is 24.4 Å². The molecule has 8 heteroatoms. The number of likely N-dealkylation sites (N-methyl/N-ethyl adjacent to an activating group) is 2.